The molecule has 0 bridgehead atoms. The van der Waals surface area contributed by atoms with Crippen LogP contribution in [0.25, 0.3) is 23.1 Å². The summed E-state index contributed by atoms with van der Waals surface area (Å²) in [6.07, 6.45) is 7.87. The maximum Gasteiger partial charge on any atom is 0.253 e. The fraction of sp³-hybridized carbons (Fsp3) is 0.103. The highest BCUT2D eigenvalue weighted by molar-refractivity contribution is 6.07. The Hall–Kier alpha value is -4.98. The number of carbonyl (C=O) groups excluding carboxylic acids is 2. The van der Waals surface area contributed by atoms with Crippen molar-refractivity contribution in [3.63, 3.8) is 0 Å². The van der Waals surface area contributed by atoms with E-state index in [1.54, 1.807) is 54.7 Å². The molecule has 0 atom stereocenters. The molecule has 8 nitrogen and oxygen atoms in total. The average molecular weight is 499 g/mol. The van der Waals surface area contributed by atoms with E-state index >= 15 is 0 Å². The molecule has 0 aliphatic carbocycles. The number of hydrogen-bond donors (Lipinski definition) is 4. The van der Waals surface area contributed by atoms with Crippen molar-refractivity contribution in [1.82, 2.24) is 9.88 Å². The fourth-order valence-electron chi connectivity index (χ4n) is 3.83. The van der Waals surface area contributed by atoms with E-state index in [2.05, 4.69) is 4.98 Å². The Balaban J connectivity index is 1.56. The van der Waals surface area contributed by atoms with Crippen molar-refractivity contribution in [3.8, 4) is 23.0 Å². The lowest BCUT2D eigenvalue weighted by Gasteiger charge is -2.17. The van der Waals surface area contributed by atoms with Crippen LogP contribution in [0.4, 0.5) is 0 Å². The normalized spacial score (nSPS) is 11.4. The van der Waals surface area contributed by atoms with Crippen molar-refractivity contribution in [2.45, 2.75) is 6.42 Å². The number of nitrogens with zero attached hydrogens (tertiary/aromatic N) is 1. The van der Waals surface area contributed by atoms with E-state index in [1.165, 1.54) is 43.5 Å². The first-order valence-electron chi connectivity index (χ1n) is 11.5. The minimum atomic E-state index is -0.518. The van der Waals surface area contributed by atoms with Gasteiger partial charge in [0.05, 0.1) is 7.11 Å². The van der Waals surface area contributed by atoms with Gasteiger partial charge >= 0.3 is 0 Å². The van der Waals surface area contributed by atoms with Crippen molar-refractivity contribution in [3.05, 3.63) is 95.7 Å². The second-order valence-electron chi connectivity index (χ2n) is 8.31. The Labute approximate surface area is 213 Å². The van der Waals surface area contributed by atoms with Gasteiger partial charge in [-0.1, -0.05) is 18.2 Å². The summed E-state index contributed by atoms with van der Waals surface area (Å²) < 4.78 is 5.10. The Kier molecular flexibility index (Phi) is 7.59. The number of aromatic nitrogens is 1. The summed E-state index contributed by atoms with van der Waals surface area (Å²) in [5.74, 6) is -0.542. The van der Waals surface area contributed by atoms with Gasteiger partial charge in [-0.25, -0.2) is 0 Å². The molecule has 0 spiro atoms. The topological polar surface area (TPSA) is 123 Å². The van der Waals surface area contributed by atoms with E-state index < -0.39 is 11.8 Å². The van der Waals surface area contributed by atoms with Crippen molar-refractivity contribution < 1.29 is 29.6 Å². The van der Waals surface area contributed by atoms with E-state index in [-0.39, 0.29) is 29.5 Å². The van der Waals surface area contributed by atoms with Gasteiger partial charge in [0.25, 0.3) is 11.8 Å². The molecule has 4 rings (SSSR count). The lowest BCUT2D eigenvalue weighted by molar-refractivity contribution is -0.138. The zero-order valence-corrected chi connectivity index (χ0v) is 20.1. The molecular weight excluding hydrogens is 472 g/mol. The number of hydrogen-bond acceptors (Lipinski definition) is 6. The molecule has 8 heteroatoms. The minimum Gasteiger partial charge on any atom is -0.508 e. The van der Waals surface area contributed by atoms with Crippen LogP contribution < -0.4 is 4.74 Å². The molecule has 0 radical (unpaired) electrons. The zero-order valence-electron chi connectivity index (χ0n) is 20.1. The number of H-pyrrole nitrogens is 1. The lowest BCUT2D eigenvalue weighted by Crippen LogP contribution is -2.36. The van der Waals surface area contributed by atoms with E-state index in [1.807, 2.05) is 0 Å². The number of ether oxygens (including phenoxy) is 1. The first-order chi connectivity index (χ1) is 17.8. The predicted octanol–water partition coefficient (Wildman–Crippen LogP) is 4.62. The Morgan fingerprint density at radius 1 is 0.865 bits per heavy atom. The van der Waals surface area contributed by atoms with Crippen LogP contribution in [0.3, 0.4) is 0 Å². The summed E-state index contributed by atoms with van der Waals surface area (Å²) in [4.78, 5) is 30.5. The molecule has 0 aliphatic rings. The molecule has 0 saturated heterocycles. The molecule has 37 heavy (non-hydrogen) atoms. The number of imide groups is 1. The van der Waals surface area contributed by atoms with Crippen molar-refractivity contribution >= 4 is 34.9 Å². The van der Waals surface area contributed by atoms with Crippen LogP contribution in [0.1, 0.15) is 16.7 Å². The van der Waals surface area contributed by atoms with Crippen molar-refractivity contribution in [1.29, 1.82) is 0 Å². The number of amides is 2. The molecule has 2 amide bonds. The van der Waals surface area contributed by atoms with Crippen molar-refractivity contribution in [2.75, 3.05) is 13.7 Å². The smallest absolute Gasteiger partial charge is 0.253 e. The third-order valence-electron chi connectivity index (χ3n) is 5.82. The summed E-state index contributed by atoms with van der Waals surface area (Å²) in [5.41, 5.74) is 3.00. The molecule has 188 valence electrons. The monoisotopic (exact) mass is 498 g/mol. The predicted molar refractivity (Wildman–Crippen MR) is 141 cm³/mol. The van der Waals surface area contributed by atoms with Gasteiger partial charge in [-0.2, -0.15) is 0 Å². The number of aromatic hydroxyl groups is 3. The number of phenols is 3. The highest BCUT2D eigenvalue weighted by atomic mass is 16.5. The van der Waals surface area contributed by atoms with Gasteiger partial charge in [0.1, 0.15) is 11.5 Å². The quantitative estimate of drug-likeness (QED) is 0.263. The van der Waals surface area contributed by atoms with Crippen LogP contribution in [-0.2, 0) is 16.0 Å². The Morgan fingerprint density at radius 3 is 2.22 bits per heavy atom. The molecule has 1 heterocycles. The summed E-state index contributed by atoms with van der Waals surface area (Å²) >= 11 is 0. The second-order valence-corrected chi connectivity index (χ2v) is 8.31. The molecule has 4 aromatic rings. The highest BCUT2D eigenvalue weighted by Gasteiger charge is 2.18. The number of rotatable bonds is 8. The highest BCUT2D eigenvalue weighted by Crippen LogP contribution is 2.27. The van der Waals surface area contributed by atoms with Gasteiger partial charge < -0.3 is 25.0 Å². The van der Waals surface area contributed by atoms with Gasteiger partial charge in [-0.05, 0) is 77.7 Å². The molecule has 4 N–H and O–H groups in total. The van der Waals surface area contributed by atoms with E-state index in [4.69, 9.17) is 4.74 Å². The number of aromatic amines is 1. The van der Waals surface area contributed by atoms with E-state index in [0.29, 0.717) is 17.5 Å². The number of carbonyl (C=O) groups is 2. The summed E-state index contributed by atoms with van der Waals surface area (Å²) in [5, 5.41) is 29.9. The molecule has 0 fully saturated rings. The molecule has 1 aromatic heterocycles. The number of methoxy groups -OCH3 is 1. The maximum absolute atomic E-state index is 13.1. The van der Waals surface area contributed by atoms with Gasteiger partial charge in [0.15, 0.2) is 11.5 Å². The van der Waals surface area contributed by atoms with Crippen LogP contribution in [0.15, 0.2) is 79.0 Å². The first-order valence-corrected chi connectivity index (χ1v) is 11.5. The average Bonchev–Trinajstić information content (AvgIpc) is 3.29. The van der Waals surface area contributed by atoms with Gasteiger partial charge in [0, 0.05) is 35.8 Å². The molecule has 0 unspecified atom stereocenters. The van der Waals surface area contributed by atoms with Crippen LogP contribution in [0, 0.1) is 0 Å². The van der Waals surface area contributed by atoms with Crippen LogP contribution in [0.5, 0.6) is 23.0 Å². The maximum atomic E-state index is 13.1. The molecule has 0 saturated carbocycles. The summed E-state index contributed by atoms with van der Waals surface area (Å²) in [6, 6.07) is 16.0. The minimum absolute atomic E-state index is 0.0214. The van der Waals surface area contributed by atoms with Crippen LogP contribution in [-0.4, -0.2) is 50.7 Å². The Bertz CT molecular complexity index is 1480. The largest absolute Gasteiger partial charge is 0.508 e. The number of phenolic OH excluding ortho intramolecular Hbond substituents is 3. The van der Waals surface area contributed by atoms with Crippen LogP contribution >= 0.6 is 0 Å². The number of benzene rings is 3. The first kappa shape index (κ1) is 25.1. The second kappa shape index (κ2) is 11.2. The summed E-state index contributed by atoms with van der Waals surface area (Å²) in [7, 11) is 1.43. The molecule has 3 aromatic carbocycles. The van der Waals surface area contributed by atoms with E-state index in [9.17, 15) is 24.9 Å². The van der Waals surface area contributed by atoms with Crippen molar-refractivity contribution in [2.24, 2.45) is 0 Å². The SMILES string of the molecule is COc1cc(C=CC(=O)N(CCc2c[nH]c3ccc(O)cc23)C(=O)C=Cc2ccc(O)cc2)ccc1O. The zero-order chi connectivity index (χ0) is 26.4. The lowest BCUT2D eigenvalue weighted by atomic mass is 10.1. The van der Waals surface area contributed by atoms with E-state index in [0.717, 1.165) is 21.4 Å². The standard InChI is InChI=1S/C29H26N2O6/c1-37-27-16-20(4-11-26(27)34)6-13-29(36)31(28(35)12-5-19-2-7-22(32)8-3-19)15-14-21-18-30-25-10-9-23(33)17-24(21)25/h2-13,16-18,30,32-34H,14-15H2,1H3. The number of fused-ring (bicyclic) bond motifs is 1. The van der Waals surface area contributed by atoms with Gasteiger partial charge in [-0.15, -0.1) is 0 Å². The molecule has 0 aliphatic heterocycles. The summed E-state index contributed by atoms with van der Waals surface area (Å²) in [6.45, 7) is 0.101. The fourth-order valence-corrected chi connectivity index (χ4v) is 3.83. The van der Waals surface area contributed by atoms with Gasteiger partial charge in [-0.3, -0.25) is 14.5 Å². The number of nitrogens with one attached hydrogen (secondary N) is 1. The Morgan fingerprint density at radius 2 is 1.51 bits per heavy atom. The molecular formula is C29H26N2O6. The van der Waals surface area contributed by atoms with Gasteiger partial charge in [0.2, 0.25) is 0 Å². The third-order valence-corrected chi connectivity index (χ3v) is 5.82. The third kappa shape index (κ3) is 6.18. The van der Waals surface area contributed by atoms with Crippen LogP contribution in [0.2, 0.25) is 0 Å².